The van der Waals surface area contributed by atoms with Crippen LogP contribution in [0.4, 0.5) is 34.1 Å². The van der Waals surface area contributed by atoms with Crippen molar-refractivity contribution < 1.29 is 0 Å². The van der Waals surface area contributed by atoms with Gasteiger partial charge in [0.25, 0.3) is 0 Å². The van der Waals surface area contributed by atoms with Crippen LogP contribution in [0.2, 0.25) is 0 Å². The number of benzene rings is 23. The zero-order valence-electron chi connectivity index (χ0n) is 75.9. The molecule has 1 atom stereocenters. The molecule has 0 saturated carbocycles. The number of nitrogens with zero attached hydrogens (tertiary/aromatic N) is 5. The lowest BCUT2D eigenvalue weighted by Crippen LogP contribution is -2.14. The molecule has 23 aromatic carbocycles. The molecule has 646 valence electrons. The van der Waals surface area contributed by atoms with Crippen LogP contribution in [0.3, 0.4) is 0 Å². The number of aromatic nitrogens is 3. The van der Waals surface area contributed by atoms with Crippen molar-refractivity contribution in [1.82, 2.24) is 14.1 Å². The van der Waals surface area contributed by atoms with Crippen LogP contribution in [0.15, 0.2) is 473 Å². The summed E-state index contributed by atoms with van der Waals surface area (Å²) in [6, 6.07) is 164. The Bertz CT molecular complexity index is 9800. The van der Waals surface area contributed by atoms with Crippen LogP contribution in [-0.4, -0.2) is 14.1 Å². The van der Waals surface area contributed by atoms with Crippen molar-refractivity contribution in [3.8, 4) is 67.0 Å². The van der Waals surface area contributed by atoms with E-state index in [1.165, 1.54) is 175 Å². The van der Waals surface area contributed by atoms with Crippen molar-refractivity contribution in [2.45, 2.75) is 12.8 Å². The predicted molar refractivity (Wildman–Crippen MR) is 592 cm³/mol. The fourth-order valence-electron chi connectivity index (χ4n) is 24.2. The maximum Gasteiger partial charge on any atom is 0.145 e. The van der Waals surface area contributed by atoms with E-state index in [4.69, 9.17) is 4.98 Å². The first kappa shape index (κ1) is 78.5. The number of hydrogen-bond donors (Lipinski definition) is 0. The minimum Gasteiger partial charge on any atom is -0.313 e. The molecular weight excluding hydrogens is 1680 g/mol. The molecule has 29 rings (SSSR count). The van der Waals surface area contributed by atoms with Crippen LogP contribution < -0.4 is 9.80 Å². The highest BCUT2D eigenvalue weighted by Crippen LogP contribution is 2.55. The van der Waals surface area contributed by atoms with Gasteiger partial charge >= 0.3 is 0 Å². The van der Waals surface area contributed by atoms with Gasteiger partial charge < -0.3 is 14.4 Å². The number of fused-ring (bicyclic) bond motifs is 28. The van der Waals surface area contributed by atoms with Gasteiger partial charge in [-0.05, 0) is 292 Å². The minimum atomic E-state index is 0.0210. The van der Waals surface area contributed by atoms with Gasteiger partial charge in [0.1, 0.15) is 5.65 Å². The SMILES string of the molecule is C1=Cc2c3n(c4ccc(-c5c6ccccc6c(-c6ccccc6)c6ccccc56)cc24)-c2cccc(c2)N(c2cc4ccccc4c4ccccc24)c2cc4cc(-c5ccc6c(N(c7ccc(-n8c9ccc(-c%10c%11ccccc%11c(-c%11ccccc%11)c%11ccccc%10%11)cc9c9cccnc98)cc7)c7cc8ccccc8c8ccccc78)cc7ccccc7c6c5)ccc4c4c2C=CC(C=C4)C(=C1)CC3. The van der Waals surface area contributed by atoms with E-state index >= 15 is 0 Å². The van der Waals surface area contributed by atoms with Crippen molar-refractivity contribution in [2.24, 2.45) is 5.92 Å². The van der Waals surface area contributed by atoms with Crippen molar-refractivity contribution in [3.05, 3.63) is 495 Å². The van der Waals surface area contributed by atoms with E-state index < -0.39 is 0 Å². The van der Waals surface area contributed by atoms with Crippen molar-refractivity contribution >= 4 is 204 Å². The molecule has 5 heteroatoms. The second kappa shape index (κ2) is 31.3. The van der Waals surface area contributed by atoms with Crippen LogP contribution in [-0.2, 0) is 6.42 Å². The lowest BCUT2D eigenvalue weighted by molar-refractivity contribution is 0.800. The normalized spacial score (nSPS) is 13.6. The molecule has 3 aliphatic rings. The summed E-state index contributed by atoms with van der Waals surface area (Å²) < 4.78 is 4.96. The summed E-state index contributed by atoms with van der Waals surface area (Å²) in [5, 5.41) is 29.9. The number of allylic oxidation sites excluding steroid dienone is 5. The van der Waals surface area contributed by atoms with Crippen LogP contribution in [0.5, 0.6) is 0 Å². The van der Waals surface area contributed by atoms with E-state index in [2.05, 4.69) is 498 Å². The predicted octanol–water partition coefficient (Wildman–Crippen LogP) is 36.6. The summed E-state index contributed by atoms with van der Waals surface area (Å²) in [4.78, 5) is 10.4. The van der Waals surface area contributed by atoms with Gasteiger partial charge in [0.15, 0.2) is 0 Å². The van der Waals surface area contributed by atoms with Gasteiger partial charge in [-0.1, -0.05) is 370 Å². The van der Waals surface area contributed by atoms with Crippen molar-refractivity contribution in [1.29, 1.82) is 0 Å². The smallest absolute Gasteiger partial charge is 0.145 e. The molecule has 139 heavy (non-hydrogen) atoms. The molecule has 4 heterocycles. The summed E-state index contributed by atoms with van der Waals surface area (Å²) in [5.74, 6) is 0.0210. The Hall–Kier alpha value is -18.0. The Morgan fingerprint density at radius 1 is 0.245 bits per heavy atom. The molecule has 26 aromatic rings. The molecule has 0 fully saturated rings. The first-order chi connectivity index (χ1) is 69.0. The Morgan fingerprint density at radius 2 is 0.691 bits per heavy atom. The van der Waals surface area contributed by atoms with Gasteiger partial charge in [0, 0.05) is 84.0 Å². The Labute approximate surface area is 802 Å². The minimum absolute atomic E-state index is 0.0210. The molecule has 2 aliphatic carbocycles. The molecule has 1 unspecified atom stereocenters. The molecular formula is C134H85N5. The number of anilines is 6. The zero-order chi connectivity index (χ0) is 91.0. The Balaban J connectivity index is 0.598. The van der Waals surface area contributed by atoms with Gasteiger partial charge in [-0.2, -0.15) is 0 Å². The monoisotopic (exact) mass is 1760 g/mol. The third-order valence-electron chi connectivity index (χ3n) is 30.3. The summed E-state index contributed by atoms with van der Waals surface area (Å²) in [7, 11) is 0. The van der Waals surface area contributed by atoms with Crippen molar-refractivity contribution in [3.63, 3.8) is 0 Å². The molecule has 3 aromatic heterocycles. The largest absolute Gasteiger partial charge is 0.313 e. The number of hydrogen-bond acceptors (Lipinski definition) is 3. The maximum atomic E-state index is 5.24. The lowest BCUT2D eigenvalue weighted by Gasteiger charge is -2.31. The highest BCUT2D eigenvalue weighted by atomic mass is 15.2. The van der Waals surface area contributed by atoms with E-state index in [0.717, 1.165) is 119 Å². The summed E-state index contributed by atoms with van der Waals surface area (Å²) >= 11 is 0. The quantitative estimate of drug-likeness (QED) is 0.101. The molecule has 5 nitrogen and oxygen atoms in total. The number of rotatable bonds is 10. The Morgan fingerprint density at radius 3 is 1.29 bits per heavy atom. The highest BCUT2D eigenvalue weighted by Gasteiger charge is 2.31. The average molecular weight is 1770 g/mol. The molecule has 0 spiro atoms. The molecule has 1 aliphatic heterocycles. The summed E-state index contributed by atoms with van der Waals surface area (Å²) in [5.41, 5.74) is 30.1. The fourth-order valence-corrected chi connectivity index (χ4v) is 24.2. The van der Waals surface area contributed by atoms with E-state index in [-0.39, 0.29) is 5.92 Å². The van der Waals surface area contributed by atoms with Gasteiger partial charge in [-0.3, -0.25) is 4.57 Å². The molecule has 0 N–H and O–H groups in total. The lowest BCUT2D eigenvalue weighted by atomic mass is 9.85. The summed E-state index contributed by atoms with van der Waals surface area (Å²) in [6.07, 6.45) is 20.7. The standard InChI is InChI=1S/C134H85N5/c1-3-28-85(29-4-1)130-111-45-17-21-49-115(111)132(116-50-22-18-46-112(116)130)92-60-71-124-121(76-92)108-53-25-35-83-59-70-123(108)137(124)97-36-26-37-98(82-97)138(127-79-90-33-8-11-39-100(90)104-42-14-16-44-107(104)127)129-81-94-74-87(57-66-102(94)105-67-55-84(83)56-68-109(105)129)88-58-69-110-120(75-88)101-40-12-9-34-91(101)80-128(110)136(126-78-89-32-7-10-38-99(89)103-41-13-15-43-106(103)126)95-62-64-96(65-63-95)139-125-72-61-93(77-122(125)119-54-27-73-135-134(119)139)133-117-51-23-19-47-113(117)131(86-30-5-2-6-31-86)114-48-20-24-52-118(114)133/h1-58,60-69,71-82,84H,59,70H2. The van der Waals surface area contributed by atoms with Crippen LogP contribution >= 0.6 is 0 Å². The second-order valence-corrected chi connectivity index (χ2v) is 37.7. The van der Waals surface area contributed by atoms with E-state index in [0.29, 0.717) is 0 Å². The Kier molecular flexibility index (Phi) is 17.7. The molecule has 6 bridgehead atoms. The second-order valence-electron chi connectivity index (χ2n) is 37.7. The third kappa shape index (κ3) is 12.3. The highest BCUT2D eigenvalue weighted by molar-refractivity contribution is 6.26. The van der Waals surface area contributed by atoms with Gasteiger partial charge in [0.2, 0.25) is 0 Å². The van der Waals surface area contributed by atoms with Gasteiger partial charge in [-0.25, -0.2) is 4.98 Å². The first-order valence-corrected chi connectivity index (χ1v) is 48.4. The van der Waals surface area contributed by atoms with Gasteiger partial charge in [0.05, 0.1) is 33.8 Å². The van der Waals surface area contributed by atoms with E-state index in [1.54, 1.807) is 0 Å². The topological polar surface area (TPSA) is 29.2 Å². The van der Waals surface area contributed by atoms with Gasteiger partial charge in [-0.15, -0.1) is 0 Å². The van der Waals surface area contributed by atoms with Crippen LogP contribution in [0, 0.1) is 5.92 Å². The van der Waals surface area contributed by atoms with E-state index in [9.17, 15) is 0 Å². The molecule has 0 amide bonds. The van der Waals surface area contributed by atoms with Crippen molar-refractivity contribution in [2.75, 3.05) is 9.80 Å². The fraction of sp³-hybridized carbons (Fsp3) is 0.0224. The maximum absolute atomic E-state index is 5.24. The zero-order valence-corrected chi connectivity index (χ0v) is 75.9. The van der Waals surface area contributed by atoms with Crippen LogP contribution in [0.1, 0.15) is 28.8 Å². The van der Waals surface area contributed by atoms with Crippen LogP contribution in [0.25, 0.3) is 237 Å². The molecule has 0 saturated heterocycles. The molecule has 0 radical (unpaired) electrons. The third-order valence-corrected chi connectivity index (χ3v) is 30.3. The average Bonchev–Trinajstić information content (AvgIpc) is 1.47. The summed E-state index contributed by atoms with van der Waals surface area (Å²) in [6.45, 7) is 0. The van der Waals surface area contributed by atoms with E-state index in [1.807, 2.05) is 6.20 Å². The first-order valence-electron chi connectivity index (χ1n) is 48.4. The number of pyridine rings is 1.